The lowest BCUT2D eigenvalue weighted by Crippen LogP contribution is -2.42. The van der Waals surface area contributed by atoms with Gasteiger partial charge in [-0.25, -0.2) is 4.79 Å². The smallest absolute Gasteiger partial charge is 0.330 e. The first-order chi connectivity index (χ1) is 12.6. The Balaban J connectivity index is 4.50. The molecule has 0 saturated heterocycles. The Morgan fingerprint density at radius 2 is 1.41 bits per heavy atom. The average Bonchev–Trinajstić information content (AvgIpc) is 2.53. The molecule has 4 heteroatoms. The first-order valence-corrected chi connectivity index (χ1v) is 10.1. The fourth-order valence-electron chi connectivity index (χ4n) is 2.98. The zero-order valence-corrected chi connectivity index (χ0v) is 18.6. The van der Waals surface area contributed by atoms with E-state index >= 15 is 0 Å². The molecule has 0 aliphatic heterocycles. The lowest BCUT2D eigenvalue weighted by Gasteiger charge is -2.31. The van der Waals surface area contributed by atoms with E-state index in [9.17, 15) is 9.59 Å². The van der Waals surface area contributed by atoms with Crippen molar-refractivity contribution in [3.8, 4) is 0 Å². The highest BCUT2D eigenvalue weighted by molar-refractivity contribution is 5.93. The second-order valence-corrected chi connectivity index (χ2v) is 7.66. The summed E-state index contributed by atoms with van der Waals surface area (Å²) in [6.45, 7) is 16.4. The van der Waals surface area contributed by atoms with Crippen molar-refractivity contribution in [2.45, 2.75) is 93.2 Å². The van der Waals surface area contributed by atoms with Gasteiger partial charge >= 0.3 is 5.97 Å². The van der Waals surface area contributed by atoms with Crippen molar-refractivity contribution in [3.05, 3.63) is 34.9 Å². The van der Waals surface area contributed by atoms with Crippen LogP contribution in [0.3, 0.4) is 0 Å². The molecule has 0 N–H and O–H groups in total. The van der Waals surface area contributed by atoms with Crippen molar-refractivity contribution in [3.63, 3.8) is 0 Å². The zero-order chi connectivity index (χ0) is 21.0. The van der Waals surface area contributed by atoms with Gasteiger partial charge in [-0.15, -0.1) is 0 Å². The number of ether oxygens (including phenoxy) is 1. The maximum absolute atomic E-state index is 12.6. The highest BCUT2D eigenvalue weighted by Crippen LogP contribution is 2.14. The molecule has 0 aromatic rings. The fourth-order valence-corrected chi connectivity index (χ4v) is 2.98. The number of esters is 1. The summed E-state index contributed by atoms with van der Waals surface area (Å²) in [5.74, 6) is -0.140. The minimum absolute atomic E-state index is 0.126. The summed E-state index contributed by atoms with van der Waals surface area (Å²) < 4.78 is 4.91. The molecule has 0 aliphatic carbocycles. The fraction of sp³-hybridized carbons (Fsp3) is 0.652. The number of allylic oxidation sites excluding steroid dienone is 4. The highest BCUT2D eigenvalue weighted by Gasteiger charge is 2.20. The van der Waals surface area contributed by atoms with E-state index in [1.807, 2.05) is 24.8 Å². The van der Waals surface area contributed by atoms with Crippen LogP contribution >= 0.6 is 0 Å². The van der Waals surface area contributed by atoms with Crippen molar-refractivity contribution in [1.29, 1.82) is 0 Å². The number of carbonyl (C=O) groups is 2. The van der Waals surface area contributed by atoms with E-state index < -0.39 is 0 Å². The minimum atomic E-state index is -0.266. The molecule has 0 aromatic heterocycles. The Bertz CT molecular complexity index is 560. The van der Waals surface area contributed by atoms with Crippen LogP contribution in [0.2, 0.25) is 0 Å². The molecular weight excluding hydrogens is 338 g/mol. The molecule has 0 rings (SSSR count). The maximum Gasteiger partial charge on any atom is 0.330 e. The lowest BCUT2D eigenvalue weighted by molar-refractivity contribution is -0.137. The topological polar surface area (TPSA) is 46.6 Å². The van der Waals surface area contributed by atoms with Crippen LogP contribution in [0.5, 0.6) is 0 Å². The first-order valence-electron chi connectivity index (χ1n) is 10.1. The van der Waals surface area contributed by atoms with Gasteiger partial charge < -0.3 is 9.64 Å². The molecule has 4 nitrogen and oxygen atoms in total. The van der Waals surface area contributed by atoms with Crippen LogP contribution in [0.4, 0.5) is 0 Å². The van der Waals surface area contributed by atoms with Gasteiger partial charge in [0.1, 0.15) is 0 Å². The molecule has 0 spiro atoms. The predicted molar refractivity (Wildman–Crippen MR) is 113 cm³/mol. The van der Waals surface area contributed by atoms with Gasteiger partial charge in [0, 0.05) is 23.7 Å². The van der Waals surface area contributed by atoms with Gasteiger partial charge in [0.15, 0.2) is 0 Å². The van der Waals surface area contributed by atoms with Gasteiger partial charge in [-0.1, -0.05) is 23.3 Å². The number of carbonyl (C=O) groups excluding carboxylic acids is 2. The van der Waals surface area contributed by atoms with E-state index in [1.54, 1.807) is 13.0 Å². The second kappa shape index (κ2) is 13.3. The molecule has 0 saturated carbocycles. The molecule has 0 aliphatic rings. The molecule has 1 amide bonds. The summed E-state index contributed by atoms with van der Waals surface area (Å²) in [6, 6.07) is 0.404. The molecule has 0 unspecified atom stereocenters. The van der Waals surface area contributed by atoms with Crippen molar-refractivity contribution in [1.82, 2.24) is 4.90 Å². The number of rotatable bonds is 11. The van der Waals surface area contributed by atoms with Crippen LogP contribution in [0.1, 0.15) is 81.1 Å². The highest BCUT2D eigenvalue weighted by atomic mass is 16.5. The largest absolute Gasteiger partial charge is 0.463 e. The monoisotopic (exact) mass is 377 g/mol. The minimum Gasteiger partial charge on any atom is -0.463 e. The van der Waals surface area contributed by atoms with Crippen LogP contribution in [0.25, 0.3) is 0 Å². The van der Waals surface area contributed by atoms with Gasteiger partial charge in [0.2, 0.25) is 5.91 Å². The van der Waals surface area contributed by atoms with Gasteiger partial charge in [-0.3, -0.25) is 4.79 Å². The predicted octanol–water partition coefficient (Wildman–Crippen LogP) is 5.59. The molecule has 0 aromatic carbocycles. The molecule has 27 heavy (non-hydrogen) atoms. The van der Waals surface area contributed by atoms with Crippen LogP contribution in [-0.4, -0.2) is 35.5 Å². The normalized spacial score (nSPS) is 13.3. The number of hydrogen-bond acceptors (Lipinski definition) is 3. The third-order valence-corrected chi connectivity index (χ3v) is 4.36. The number of nitrogens with zero attached hydrogens (tertiary/aromatic N) is 1. The van der Waals surface area contributed by atoms with E-state index in [-0.39, 0.29) is 24.0 Å². The van der Waals surface area contributed by atoms with Crippen LogP contribution < -0.4 is 0 Å². The summed E-state index contributed by atoms with van der Waals surface area (Å²) in [5, 5.41) is 0. The van der Waals surface area contributed by atoms with E-state index in [0.717, 1.165) is 36.8 Å². The molecule has 0 atom stereocenters. The Morgan fingerprint density at radius 3 is 1.93 bits per heavy atom. The Morgan fingerprint density at radius 1 is 0.889 bits per heavy atom. The SMILES string of the molecule is CCOC(=O)/C=C(\C)CC/C=C(\C)CC/C=C(\C)C(=O)N(C(C)C)C(C)C. The Hall–Kier alpha value is -1.84. The summed E-state index contributed by atoms with van der Waals surface area (Å²) >= 11 is 0. The van der Waals surface area contributed by atoms with Crippen molar-refractivity contribution >= 4 is 11.9 Å². The summed E-state index contributed by atoms with van der Waals surface area (Å²) in [4.78, 5) is 25.9. The zero-order valence-electron chi connectivity index (χ0n) is 18.6. The number of hydrogen-bond donors (Lipinski definition) is 0. The van der Waals surface area contributed by atoms with Crippen LogP contribution in [0.15, 0.2) is 34.9 Å². The van der Waals surface area contributed by atoms with Crippen LogP contribution in [0, 0.1) is 0 Å². The standard InChI is InChI=1S/C23H39NO3/c1-9-27-22(25)16-20(7)14-10-12-19(6)13-11-15-21(8)23(26)24(17(2)3)18(4)5/h12,15-18H,9-11,13-14H2,1-8H3/b19-12+,20-16+,21-15+. The third kappa shape index (κ3) is 10.8. The van der Waals surface area contributed by atoms with Gasteiger partial charge in [-0.2, -0.15) is 0 Å². The lowest BCUT2D eigenvalue weighted by atomic mass is 10.1. The molecule has 0 heterocycles. The summed E-state index contributed by atoms with van der Waals surface area (Å²) in [5.41, 5.74) is 3.15. The summed E-state index contributed by atoms with van der Waals surface area (Å²) in [7, 11) is 0. The van der Waals surface area contributed by atoms with Crippen molar-refractivity contribution in [2.75, 3.05) is 6.61 Å². The van der Waals surface area contributed by atoms with Gasteiger partial charge in [0.05, 0.1) is 6.61 Å². The maximum atomic E-state index is 12.6. The van der Waals surface area contributed by atoms with E-state index in [4.69, 9.17) is 4.74 Å². The molecule has 0 bridgehead atoms. The molecule has 0 fully saturated rings. The molecular formula is C23H39NO3. The molecule has 154 valence electrons. The Kier molecular flexibility index (Phi) is 12.4. The Labute approximate surface area is 166 Å². The number of amides is 1. The van der Waals surface area contributed by atoms with E-state index in [1.165, 1.54) is 5.57 Å². The molecule has 0 radical (unpaired) electrons. The van der Waals surface area contributed by atoms with E-state index in [0.29, 0.717) is 6.61 Å². The second-order valence-electron chi connectivity index (χ2n) is 7.66. The average molecular weight is 378 g/mol. The van der Waals surface area contributed by atoms with Gasteiger partial charge in [0.25, 0.3) is 0 Å². The quantitative estimate of drug-likeness (QED) is 0.268. The van der Waals surface area contributed by atoms with Crippen molar-refractivity contribution < 1.29 is 14.3 Å². The van der Waals surface area contributed by atoms with Gasteiger partial charge in [-0.05, 0) is 81.1 Å². The summed E-state index contributed by atoms with van der Waals surface area (Å²) in [6.07, 6.45) is 9.38. The van der Waals surface area contributed by atoms with E-state index in [2.05, 4.69) is 40.7 Å². The van der Waals surface area contributed by atoms with Crippen LogP contribution in [-0.2, 0) is 14.3 Å². The first kappa shape index (κ1) is 25.2. The third-order valence-electron chi connectivity index (χ3n) is 4.36. The van der Waals surface area contributed by atoms with Crippen molar-refractivity contribution in [2.24, 2.45) is 0 Å².